The molecule has 0 radical (unpaired) electrons. The number of aromatic nitrogens is 1. The molecule has 0 unspecified atom stereocenters. The van der Waals surface area contributed by atoms with Crippen molar-refractivity contribution in [1.29, 1.82) is 0 Å². The van der Waals surface area contributed by atoms with Crippen LogP contribution in [0.3, 0.4) is 0 Å². The minimum atomic E-state index is -0.232. The predicted molar refractivity (Wildman–Crippen MR) is 95.8 cm³/mol. The molecule has 1 aromatic heterocycles. The molecule has 1 N–H and O–H groups in total. The van der Waals surface area contributed by atoms with E-state index in [0.717, 1.165) is 15.7 Å². The largest absolute Gasteiger partial charge is 0.484 e. The summed E-state index contributed by atoms with van der Waals surface area (Å²) in [6, 6.07) is 17.1. The SMILES string of the molecule is O=C(COc1ccccc1)Nc1nc(-c2cccc(Br)c2)cs1. The summed E-state index contributed by atoms with van der Waals surface area (Å²) in [5.74, 6) is 0.431. The lowest BCUT2D eigenvalue weighted by atomic mass is 10.2. The van der Waals surface area contributed by atoms with Gasteiger partial charge in [-0.2, -0.15) is 0 Å². The van der Waals surface area contributed by atoms with Gasteiger partial charge in [-0.1, -0.05) is 46.3 Å². The van der Waals surface area contributed by atoms with Crippen LogP contribution in [0.1, 0.15) is 0 Å². The van der Waals surface area contributed by atoms with Crippen molar-refractivity contribution in [3.05, 3.63) is 64.5 Å². The van der Waals surface area contributed by atoms with E-state index in [1.807, 2.05) is 60.0 Å². The van der Waals surface area contributed by atoms with E-state index < -0.39 is 0 Å². The molecule has 3 rings (SSSR count). The maximum atomic E-state index is 11.9. The van der Waals surface area contributed by atoms with Crippen LogP contribution in [-0.2, 0) is 4.79 Å². The third-order valence-electron chi connectivity index (χ3n) is 2.98. The molecule has 0 bridgehead atoms. The number of anilines is 1. The maximum absolute atomic E-state index is 11.9. The van der Waals surface area contributed by atoms with Gasteiger partial charge in [0.15, 0.2) is 11.7 Å². The summed E-state index contributed by atoms with van der Waals surface area (Å²) in [5, 5.41) is 5.22. The van der Waals surface area contributed by atoms with Crippen LogP contribution in [0.5, 0.6) is 5.75 Å². The Hall–Kier alpha value is -2.18. The molecule has 0 atom stereocenters. The molecular formula is C17H13BrN2O2S. The van der Waals surface area contributed by atoms with Gasteiger partial charge in [0.1, 0.15) is 5.75 Å². The van der Waals surface area contributed by atoms with Crippen molar-refractivity contribution in [1.82, 2.24) is 4.98 Å². The number of hydrogen-bond donors (Lipinski definition) is 1. The van der Waals surface area contributed by atoms with E-state index in [1.165, 1.54) is 11.3 Å². The van der Waals surface area contributed by atoms with Gasteiger partial charge in [0.05, 0.1) is 5.69 Å². The normalized spacial score (nSPS) is 10.3. The Morgan fingerprint density at radius 1 is 1.17 bits per heavy atom. The molecule has 0 saturated heterocycles. The standard InChI is InChI=1S/C17H13BrN2O2S/c18-13-6-4-5-12(9-13)15-11-23-17(19-15)20-16(21)10-22-14-7-2-1-3-8-14/h1-9,11H,10H2,(H,19,20,21). The molecular weight excluding hydrogens is 376 g/mol. The average Bonchev–Trinajstić information content (AvgIpc) is 3.02. The number of nitrogens with one attached hydrogen (secondary N) is 1. The second kappa shape index (κ2) is 7.39. The Bertz CT molecular complexity index is 805. The lowest BCUT2D eigenvalue weighted by Crippen LogP contribution is -2.19. The highest BCUT2D eigenvalue weighted by atomic mass is 79.9. The Kier molecular flexibility index (Phi) is 5.05. The molecule has 0 saturated carbocycles. The lowest BCUT2D eigenvalue weighted by molar-refractivity contribution is -0.118. The Balaban J connectivity index is 1.59. The fourth-order valence-corrected chi connectivity index (χ4v) is 3.07. The highest BCUT2D eigenvalue weighted by molar-refractivity contribution is 9.10. The Labute approximate surface area is 146 Å². The van der Waals surface area contributed by atoms with E-state index in [2.05, 4.69) is 26.2 Å². The summed E-state index contributed by atoms with van der Waals surface area (Å²) < 4.78 is 6.40. The van der Waals surface area contributed by atoms with E-state index in [-0.39, 0.29) is 12.5 Å². The summed E-state index contributed by atoms with van der Waals surface area (Å²) in [7, 11) is 0. The maximum Gasteiger partial charge on any atom is 0.264 e. The number of thiazole rings is 1. The number of amides is 1. The molecule has 0 aliphatic carbocycles. The number of carbonyl (C=O) groups is 1. The summed E-state index contributed by atoms with van der Waals surface area (Å²) in [5.41, 5.74) is 1.83. The van der Waals surface area contributed by atoms with Gasteiger partial charge in [-0.3, -0.25) is 10.1 Å². The average molecular weight is 389 g/mol. The predicted octanol–water partition coefficient (Wildman–Crippen LogP) is 4.59. The number of rotatable bonds is 5. The zero-order chi connectivity index (χ0) is 16.1. The number of halogens is 1. The van der Waals surface area contributed by atoms with Crippen LogP contribution >= 0.6 is 27.3 Å². The molecule has 3 aromatic rings. The van der Waals surface area contributed by atoms with Gasteiger partial charge in [0, 0.05) is 15.4 Å². The smallest absolute Gasteiger partial charge is 0.264 e. The fourth-order valence-electron chi connectivity index (χ4n) is 1.93. The first kappa shape index (κ1) is 15.7. The number of ether oxygens (including phenoxy) is 1. The van der Waals surface area contributed by atoms with E-state index >= 15 is 0 Å². The van der Waals surface area contributed by atoms with Crippen LogP contribution < -0.4 is 10.1 Å². The van der Waals surface area contributed by atoms with Crippen molar-refractivity contribution in [2.45, 2.75) is 0 Å². The van der Waals surface area contributed by atoms with Crippen LogP contribution in [0.2, 0.25) is 0 Å². The van der Waals surface area contributed by atoms with E-state index in [0.29, 0.717) is 10.9 Å². The molecule has 6 heteroatoms. The Morgan fingerprint density at radius 3 is 2.78 bits per heavy atom. The van der Waals surface area contributed by atoms with Crippen molar-refractivity contribution in [2.24, 2.45) is 0 Å². The third kappa shape index (κ3) is 4.40. The number of hydrogen-bond acceptors (Lipinski definition) is 4. The van der Waals surface area contributed by atoms with E-state index in [9.17, 15) is 4.79 Å². The summed E-state index contributed by atoms with van der Waals surface area (Å²) in [4.78, 5) is 16.3. The molecule has 0 aliphatic rings. The molecule has 2 aromatic carbocycles. The first-order chi connectivity index (χ1) is 11.2. The second-order valence-corrected chi connectivity index (χ2v) is 6.47. The van der Waals surface area contributed by atoms with Crippen molar-refractivity contribution < 1.29 is 9.53 Å². The minimum absolute atomic E-state index is 0.0458. The van der Waals surface area contributed by atoms with Crippen LogP contribution in [0.4, 0.5) is 5.13 Å². The summed E-state index contributed by atoms with van der Waals surface area (Å²) in [6.45, 7) is -0.0458. The summed E-state index contributed by atoms with van der Waals surface area (Å²) in [6.07, 6.45) is 0. The van der Waals surface area contributed by atoms with Crippen molar-refractivity contribution in [2.75, 3.05) is 11.9 Å². The summed E-state index contributed by atoms with van der Waals surface area (Å²) >= 11 is 4.82. The molecule has 4 nitrogen and oxygen atoms in total. The number of carbonyl (C=O) groups excluding carboxylic acids is 1. The zero-order valence-electron chi connectivity index (χ0n) is 12.0. The van der Waals surface area contributed by atoms with Crippen molar-refractivity contribution in [3.8, 4) is 17.0 Å². The van der Waals surface area contributed by atoms with Gasteiger partial charge in [0.25, 0.3) is 5.91 Å². The molecule has 0 spiro atoms. The van der Waals surface area contributed by atoms with Crippen LogP contribution in [0.25, 0.3) is 11.3 Å². The van der Waals surface area contributed by atoms with Crippen molar-refractivity contribution in [3.63, 3.8) is 0 Å². The third-order valence-corrected chi connectivity index (χ3v) is 4.24. The van der Waals surface area contributed by atoms with Crippen molar-refractivity contribution >= 4 is 38.3 Å². The molecule has 23 heavy (non-hydrogen) atoms. The zero-order valence-corrected chi connectivity index (χ0v) is 14.4. The quantitative estimate of drug-likeness (QED) is 0.695. The first-order valence-electron chi connectivity index (χ1n) is 6.90. The lowest BCUT2D eigenvalue weighted by Gasteiger charge is -2.05. The molecule has 1 heterocycles. The van der Waals surface area contributed by atoms with Gasteiger partial charge in [0.2, 0.25) is 0 Å². The fraction of sp³-hybridized carbons (Fsp3) is 0.0588. The first-order valence-corrected chi connectivity index (χ1v) is 8.57. The number of benzene rings is 2. The second-order valence-electron chi connectivity index (χ2n) is 4.70. The minimum Gasteiger partial charge on any atom is -0.484 e. The number of para-hydroxylation sites is 1. The highest BCUT2D eigenvalue weighted by Gasteiger charge is 2.09. The van der Waals surface area contributed by atoms with Gasteiger partial charge in [-0.25, -0.2) is 4.98 Å². The van der Waals surface area contributed by atoms with Gasteiger partial charge in [-0.15, -0.1) is 11.3 Å². The van der Waals surface area contributed by atoms with Gasteiger partial charge >= 0.3 is 0 Å². The van der Waals surface area contributed by atoms with Crippen LogP contribution in [0, 0.1) is 0 Å². The van der Waals surface area contributed by atoms with E-state index in [1.54, 1.807) is 0 Å². The van der Waals surface area contributed by atoms with Gasteiger partial charge < -0.3 is 4.74 Å². The monoisotopic (exact) mass is 388 g/mol. The molecule has 0 fully saturated rings. The van der Waals surface area contributed by atoms with Gasteiger partial charge in [-0.05, 0) is 24.3 Å². The highest BCUT2D eigenvalue weighted by Crippen LogP contribution is 2.26. The van der Waals surface area contributed by atoms with Crippen LogP contribution in [0.15, 0.2) is 64.5 Å². The molecule has 116 valence electrons. The molecule has 0 aliphatic heterocycles. The van der Waals surface area contributed by atoms with Crippen LogP contribution in [-0.4, -0.2) is 17.5 Å². The number of nitrogens with zero attached hydrogens (tertiary/aromatic N) is 1. The Morgan fingerprint density at radius 2 is 2.00 bits per heavy atom. The topological polar surface area (TPSA) is 51.2 Å². The molecule has 1 amide bonds. The van der Waals surface area contributed by atoms with E-state index in [4.69, 9.17) is 4.74 Å².